The van der Waals surface area contributed by atoms with Gasteiger partial charge in [0.2, 0.25) is 5.91 Å². The number of ether oxygens (including phenoxy) is 1. The number of hydrogen-bond acceptors (Lipinski definition) is 5. The van der Waals surface area contributed by atoms with Crippen molar-refractivity contribution >= 4 is 5.91 Å². The Bertz CT molecular complexity index is 555. The highest BCUT2D eigenvalue weighted by molar-refractivity contribution is 5.89. The summed E-state index contributed by atoms with van der Waals surface area (Å²) >= 11 is 0. The highest BCUT2D eigenvalue weighted by Gasteiger charge is 2.63. The van der Waals surface area contributed by atoms with Gasteiger partial charge in [0.25, 0.3) is 0 Å². The van der Waals surface area contributed by atoms with Crippen molar-refractivity contribution in [2.75, 3.05) is 13.2 Å². The molecule has 0 saturated heterocycles. The van der Waals surface area contributed by atoms with Gasteiger partial charge in [0.05, 0.1) is 12.6 Å². The molecule has 2 heterocycles. The summed E-state index contributed by atoms with van der Waals surface area (Å²) < 4.78 is 7.67. The van der Waals surface area contributed by atoms with E-state index < -0.39 is 5.54 Å². The molecule has 21 heavy (non-hydrogen) atoms. The Morgan fingerprint density at radius 3 is 2.95 bits per heavy atom. The van der Waals surface area contributed by atoms with Gasteiger partial charge in [-0.2, -0.15) is 0 Å². The second kappa shape index (κ2) is 4.78. The molecule has 1 fully saturated rings. The van der Waals surface area contributed by atoms with E-state index in [0.717, 1.165) is 12.4 Å². The van der Waals surface area contributed by atoms with Crippen molar-refractivity contribution < 1.29 is 9.53 Å². The van der Waals surface area contributed by atoms with Crippen molar-refractivity contribution in [3.8, 4) is 0 Å². The molecule has 2 aliphatic rings. The second-order valence-electron chi connectivity index (χ2n) is 6.51. The van der Waals surface area contributed by atoms with Crippen LogP contribution < -0.4 is 5.73 Å². The molecule has 1 amide bonds. The fraction of sp³-hybridized carbons (Fsp3) is 0.786. The third-order valence-electron chi connectivity index (χ3n) is 5.14. The summed E-state index contributed by atoms with van der Waals surface area (Å²) in [7, 11) is 0. The topological polar surface area (TPSA) is 86.3 Å². The number of carbonyl (C=O) groups excluding carboxylic acids is 1. The monoisotopic (exact) mass is 293 g/mol. The molecular weight excluding hydrogens is 270 g/mol. The molecule has 2 N–H and O–H groups in total. The number of hydrogen-bond donors (Lipinski definition) is 1. The van der Waals surface area contributed by atoms with Crippen LogP contribution in [-0.2, 0) is 22.6 Å². The van der Waals surface area contributed by atoms with Crippen LogP contribution >= 0.6 is 0 Å². The quantitative estimate of drug-likeness (QED) is 0.857. The molecule has 1 aromatic heterocycles. The zero-order chi connectivity index (χ0) is 15.3. The summed E-state index contributed by atoms with van der Waals surface area (Å²) in [5.41, 5.74) is 5.25. The van der Waals surface area contributed by atoms with Gasteiger partial charge in [0.15, 0.2) is 5.82 Å². The van der Waals surface area contributed by atoms with Crippen LogP contribution in [0.25, 0.3) is 0 Å². The zero-order valence-corrected chi connectivity index (χ0v) is 12.9. The molecule has 3 rings (SSSR count). The molecule has 1 aliphatic carbocycles. The maximum Gasteiger partial charge on any atom is 0.243 e. The number of rotatable bonds is 3. The predicted octanol–water partition coefficient (Wildman–Crippen LogP) is 0.153. The number of amides is 1. The third-order valence-corrected chi connectivity index (χ3v) is 5.14. The van der Waals surface area contributed by atoms with E-state index in [2.05, 4.69) is 10.2 Å². The van der Waals surface area contributed by atoms with Gasteiger partial charge in [-0.15, -0.1) is 10.2 Å². The van der Waals surface area contributed by atoms with E-state index in [1.807, 2.05) is 25.3 Å². The Balaban J connectivity index is 1.75. The summed E-state index contributed by atoms with van der Waals surface area (Å²) in [5, 5.41) is 7.93. The molecule has 0 spiro atoms. The number of nitrogens with zero attached hydrogens (tertiary/aromatic N) is 4. The summed E-state index contributed by atoms with van der Waals surface area (Å²) in [4.78, 5) is 14.7. The molecule has 2 atom stereocenters. The Kier molecular flexibility index (Phi) is 3.29. The first-order valence-electron chi connectivity index (χ1n) is 7.46. The van der Waals surface area contributed by atoms with Crippen LogP contribution in [0.3, 0.4) is 0 Å². The van der Waals surface area contributed by atoms with E-state index in [4.69, 9.17) is 10.5 Å². The SMILES string of the molecule is CCOC1CC(N)(C(=O)N2CCn3cnnc3C2)C1(C)C. The third kappa shape index (κ3) is 1.98. The van der Waals surface area contributed by atoms with Gasteiger partial charge in [-0.1, -0.05) is 13.8 Å². The highest BCUT2D eigenvalue weighted by atomic mass is 16.5. The molecule has 0 bridgehead atoms. The summed E-state index contributed by atoms with van der Waals surface area (Å²) in [6.07, 6.45) is 2.33. The Hall–Kier alpha value is -1.47. The van der Waals surface area contributed by atoms with Gasteiger partial charge >= 0.3 is 0 Å². The normalized spacial score (nSPS) is 30.7. The molecule has 1 saturated carbocycles. The van der Waals surface area contributed by atoms with Crippen molar-refractivity contribution in [2.24, 2.45) is 11.1 Å². The average Bonchev–Trinajstić information content (AvgIpc) is 2.93. The van der Waals surface area contributed by atoms with E-state index in [0.29, 0.717) is 26.1 Å². The van der Waals surface area contributed by atoms with Gasteiger partial charge in [-0.3, -0.25) is 4.79 Å². The van der Waals surface area contributed by atoms with E-state index in [9.17, 15) is 4.79 Å². The fourth-order valence-electron chi connectivity index (χ4n) is 3.32. The lowest BCUT2D eigenvalue weighted by Crippen LogP contribution is -2.76. The molecule has 1 aromatic rings. The lowest BCUT2D eigenvalue weighted by atomic mass is 9.54. The molecule has 0 aromatic carbocycles. The Morgan fingerprint density at radius 2 is 2.29 bits per heavy atom. The number of aromatic nitrogens is 3. The summed E-state index contributed by atoms with van der Waals surface area (Å²) in [6, 6.07) is 0. The molecule has 7 nitrogen and oxygen atoms in total. The molecule has 116 valence electrons. The molecule has 2 unspecified atom stereocenters. The minimum atomic E-state index is -0.852. The van der Waals surface area contributed by atoms with Crippen LogP contribution in [0.1, 0.15) is 33.0 Å². The van der Waals surface area contributed by atoms with Gasteiger partial charge in [-0.05, 0) is 6.92 Å². The van der Waals surface area contributed by atoms with Crippen LogP contribution in [0.5, 0.6) is 0 Å². The van der Waals surface area contributed by atoms with Gasteiger partial charge in [0.1, 0.15) is 11.9 Å². The maximum atomic E-state index is 12.9. The lowest BCUT2D eigenvalue weighted by molar-refractivity contribution is -0.180. The minimum absolute atomic E-state index is 0.00213. The molecule has 1 aliphatic heterocycles. The Morgan fingerprint density at radius 1 is 1.52 bits per heavy atom. The second-order valence-corrected chi connectivity index (χ2v) is 6.51. The van der Waals surface area contributed by atoms with Gasteiger partial charge in [0, 0.05) is 31.5 Å². The van der Waals surface area contributed by atoms with Crippen molar-refractivity contribution in [3.05, 3.63) is 12.2 Å². The van der Waals surface area contributed by atoms with Crippen LogP contribution in [-0.4, -0.2) is 50.4 Å². The van der Waals surface area contributed by atoms with Crippen LogP contribution in [0.4, 0.5) is 0 Å². The Labute approximate surface area is 124 Å². The largest absolute Gasteiger partial charge is 0.378 e. The van der Waals surface area contributed by atoms with Crippen molar-refractivity contribution in [1.82, 2.24) is 19.7 Å². The fourth-order valence-corrected chi connectivity index (χ4v) is 3.32. The zero-order valence-electron chi connectivity index (χ0n) is 12.9. The highest BCUT2D eigenvalue weighted by Crippen LogP contribution is 2.50. The van der Waals surface area contributed by atoms with Crippen molar-refractivity contribution in [3.63, 3.8) is 0 Å². The number of nitrogens with two attached hydrogens (primary N) is 1. The standard InChI is InChI=1S/C14H23N5O2/c1-4-21-10-7-14(15,13(10,2)3)12(20)18-5-6-19-9-16-17-11(19)8-18/h9-10H,4-8,15H2,1-3H3. The van der Waals surface area contributed by atoms with Crippen molar-refractivity contribution in [2.45, 2.75) is 51.9 Å². The number of carbonyl (C=O) groups is 1. The van der Waals surface area contributed by atoms with E-state index in [1.54, 1.807) is 11.2 Å². The molecular formula is C14H23N5O2. The summed E-state index contributed by atoms with van der Waals surface area (Å²) in [6.45, 7) is 8.49. The van der Waals surface area contributed by atoms with E-state index in [-0.39, 0.29) is 17.4 Å². The van der Waals surface area contributed by atoms with Crippen LogP contribution in [0.2, 0.25) is 0 Å². The van der Waals surface area contributed by atoms with E-state index >= 15 is 0 Å². The van der Waals surface area contributed by atoms with Gasteiger partial charge < -0.3 is 19.9 Å². The first kappa shape index (κ1) is 14.5. The smallest absolute Gasteiger partial charge is 0.243 e. The molecule has 0 radical (unpaired) electrons. The first-order chi connectivity index (χ1) is 9.90. The first-order valence-corrected chi connectivity index (χ1v) is 7.46. The van der Waals surface area contributed by atoms with Crippen molar-refractivity contribution in [1.29, 1.82) is 0 Å². The summed E-state index contributed by atoms with van der Waals surface area (Å²) in [5.74, 6) is 0.814. The van der Waals surface area contributed by atoms with Crippen LogP contribution in [0.15, 0.2) is 6.33 Å². The number of fused-ring (bicyclic) bond motifs is 1. The maximum absolute atomic E-state index is 12.9. The predicted molar refractivity (Wildman–Crippen MR) is 76.2 cm³/mol. The minimum Gasteiger partial charge on any atom is -0.378 e. The lowest BCUT2D eigenvalue weighted by Gasteiger charge is -2.58. The van der Waals surface area contributed by atoms with Crippen LogP contribution in [0, 0.1) is 5.41 Å². The average molecular weight is 293 g/mol. The van der Waals surface area contributed by atoms with Gasteiger partial charge in [-0.25, -0.2) is 0 Å². The van der Waals surface area contributed by atoms with E-state index in [1.165, 1.54) is 0 Å². The molecule has 7 heteroatoms.